The Bertz CT molecular complexity index is 1080. The van der Waals surface area contributed by atoms with Crippen molar-refractivity contribution in [1.29, 1.82) is 5.26 Å². The Kier molecular flexibility index (Phi) is 5.09. The van der Waals surface area contributed by atoms with Crippen molar-refractivity contribution in [3.63, 3.8) is 0 Å². The number of piperazine rings is 1. The number of rotatable bonds is 5. The number of halogens is 2. The number of benzene rings is 1. The lowest BCUT2D eigenvalue weighted by molar-refractivity contribution is -0.131. The second kappa shape index (κ2) is 7.82. The highest BCUT2D eigenvalue weighted by molar-refractivity contribution is 5.79. The van der Waals surface area contributed by atoms with Crippen LogP contribution >= 0.6 is 0 Å². The van der Waals surface area contributed by atoms with Crippen LogP contribution < -0.4 is 10.2 Å². The number of nitriles is 1. The molecule has 2 aromatic rings. The molecule has 1 N–H and O–H groups in total. The van der Waals surface area contributed by atoms with Gasteiger partial charge in [0, 0.05) is 36.4 Å². The van der Waals surface area contributed by atoms with Crippen LogP contribution in [0, 0.1) is 28.9 Å². The first-order valence-corrected chi connectivity index (χ1v) is 11.0. The molecule has 0 radical (unpaired) electrons. The Morgan fingerprint density at radius 3 is 2.75 bits per heavy atom. The van der Waals surface area contributed by atoms with Crippen LogP contribution in [0.4, 0.5) is 14.6 Å². The fraction of sp³-hybridized carbons (Fsp3) is 0.458. The summed E-state index contributed by atoms with van der Waals surface area (Å²) >= 11 is 0. The van der Waals surface area contributed by atoms with E-state index in [-0.39, 0.29) is 24.5 Å². The summed E-state index contributed by atoms with van der Waals surface area (Å²) in [4.78, 5) is 21.7. The van der Waals surface area contributed by atoms with Crippen LogP contribution in [0.1, 0.15) is 37.3 Å². The third-order valence-electron chi connectivity index (χ3n) is 7.18. The lowest BCUT2D eigenvalue weighted by Gasteiger charge is -2.42. The van der Waals surface area contributed by atoms with Gasteiger partial charge in [-0.15, -0.1) is 0 Å². The standard InChI is InChI=1S/C24H25F2N5O/c1-15-9-17-13-30(14-20(15)31(17)21-6-5-16(10-27)11-28-21)22(32)12-29-24(7-8-24)18-3-2-4-19(25)23(18)26/h2-6,11,15,17,20,29H,7-9,12-14H2,1H3/t15-,17?,20?/m0/s1. The van der Waals surface area contributed by atoms with E-state index < -0.39 is 17.2 Å². The molecule has 5 rings (SSSR count). The van der Waals surface area contributed by atoms with E-state index >= 15 is 0 Å². The molecule has 166 valence electrons. The largest absolute Gasteiger partial charge is 0.347 e. The second-order valence-corrected chi connectivity index (χ2v) is 9.19. The summed E-state index contributed by atoms with van der Waals surface area (Å²) in [5.74, 6) is -0.462. The van der Waals surface area contributed by atoms with Crippen LogP contribution in [0.3, 0.4) is 0 Å². The Morgan fingerprint density at radius 2 is 2.09 bits per heavy atom. The topological polar surface area (TPSA) is 72.3 Å². The molecular formula is C24H25F2N5O. The average Bonchev–Trinajstić information content (AvgIpc) is 3.56. The number of amides is 1. The Labute approximate surface area is 185 Å². The molecule has 1 amide bonds. The smallest absolute Gasteiger partial charge is 0.236 e. The summed E-state index contributed by atoms with van der Waals surface area (Å²) < 4.78 is 28.0. The number of pyridine rings is 1. The first-order valence-electron chi connectivity index (χ1n) is 11.0. The van der Waals surface area contributed by atoms with Crippen molar-refractivity contribution in [3.05, 3.63) is 59.3 Å². The fourth-order valence-electron chi connectivity index (χ4n) is 5.29. The van der Waals surface area contributed by atoms with Gasteiger partial charge in [0.1, 0.15) is 11.9 Å². The van der Waals surface area contributed by atoms with Crippen molar-refractivity contribution < 1.29 is 13.6 Å². The molecule has 2 bridgehead atoms. The van der Waals surface area contributed by atoms with Gasteiger partial charge in [-0.1, -0.05) is 19.1 Å². The van der Waals surface area contributed by atoms with E-state index in [4.69, 9.17) is 5.26 Å². The monoisotopic (exact) mass is 437 g/mol. The molecule has 3 aliphatic rings. The molecule has 6 nitrogen and oxygen atoms in total. The van der Waals surface area contributed by atoms with Gasteiger partial charge >= 0.3 is 0 Å². The minimum absolute atomic E-state index is 0.0235. The number of carbonyl (C=O) groups is 1. The van der Waals surface area contributed by atoms with Gasteiger partial charge in [0.15, 0.2) is 11.6 Å². The van der Waals surface area contributed by atoms with Crippen molar-refractivity contribution in [3.8, 4) is 6.07 Å². The zero-order valence-corrected chi connectivity index (χ0v) is 17.9. The van der Waals surface area contributed by atoms with E-state index in [2.05, 4.69) is 28.2 Å². The molecule has 3 atom stereocenters. The zero-order chi connectivity index (χ0) is 22.5. The Balaban J connectivity index is 1.26. The average molecular weight is 437 g/mol. The number of hydrogen-bond acceptors (Lipinski definition) is 5. The van der Waals surface area contributed by atoms with Gasteiger partial charge in [-0.05, 0) is 43.4 Å². The van der Waals surface area contributed by atoms with Gasteiger partial charge in [0.2, 0.25) is 5.91 Å². The number of likely N-dealkylation sites (tertiary alicyclic amines) is 1. The maximum absolute atomic E-state index is 14.3. The summed E-state index contributed by atoms with van der Waals surface area (Å²) in [6.07, 6.45) is 3.92. The summed E-state index contributed by atoms with van der Waals surface area (Å²) in [6, 6.07) is 10.3. The fourth-order valence-corrected chi connectivity index (χ4v) is 5.29. The Morgan fingerprint density at radius 1 is 1.28 bits per heavy atom. The normalized spacial score (nSPS) is 25.5. The van der Waals surface area contributed by atoms with Gasteiger partial charge in [0.05, 0.1) is 18.2 Å². The highest BCUT2D eigenvalue weighted by Crippen LogP contribution is 2.46. The van der Waals surface area contributed by atoms with Crippen LogP contribution in [0.2, 0.25) is 0 Å². The van der Waals surface area contributed by atoms with Crippen molar-refractivity contribution in [2.75, 3.05) is 24.5 Å². The van der Waals surface area contributed by atoms with E-state index in [1.165, 1.54) is 6.07 Å². The number of aromatic nitrogens is 1. The molecule has 3 heterocycles. The van der Waals surface area contributed by atoms with Crippen LogP contribution in [-0.2, 0) is 10.3 Å². The predicted octanol–water partition coefficient (Wildman–Crippen LogP) is 2.94. The molecular weight excluding hydrogens is 412 g/mol. The molecule has 0 spiro atoms. The van der Waals surface area contributed by atoms with Gasteiger partial charge in [-0.2, -0.15) is 5.26 Å². The molecule has 1 aromatic heterocycles. The molecule has 1 aromatic carbocycles. The van der Waals surface area contributed by atoms with Gasteiger partial charge in [-0.3, -0.25) is 10.1 Å². The maximum Gasteiger partial charge on any atom is 0.236 e. The van der Waals surface area contributed by atoms with E-state index in [0.717, 1.165) is 18.3 Å². The van der Waals surface area contributed by atoms with Crippen molar-refractivity contribution in [2.45, 2.75) is 43.8 Å². The zero-order valence-electron chi connectivity index (χ0n) is 17.9. The maximum atomic E-state index is 14.3. The van der Waals surface area contributed by atoms with E-state index in [0.29, 0.717) is 43.0 Å². The molecule has 32 heavy (non-hydrogen) atoms. The lowest BCUT2D eigenvalue weighted by atomic mass is 10.0. The van der Waals surface area contributed by atoms with Crippen molar-refractivity contribution in [2.24, 2.45) is 5.92 Å². The molecule has 8 heteroatoms. The van der Waals surface area contributed by atoms with Crippen molar-refractivity contribution in [1.82, 2.24) is 15.2 Å². The predicted molar refractivity (Wildman–Crippen MR) is 115 cm³/mol. The number of nitrogens with zero attached hydrogens (tertiary/aromatic N) is 4. The van der Waals surface area contributed by atoms with Crippen LogP contribution in [-0.4, -0.2) is 47.5 Å². The summed E-state index contributed by atoms with van der Waals surface area (Å²) in [5.41, 5.74) is 0.177. The molecule has 2 unspecified atom stereocenters. The number of fused-ring (bicyclic) bond motifs is 2. The highest BCUT2D eigenvalue weighted by atomic mass is 19.2. The summed E-state index contributed by atoms with van der Waals surface area (Å²) in [6.45, 7) is 3.49. The second-order valence-electron chi connectivity index (χ2n) is 9.19. The van der Waals surface area contributed by atoms with Crippen LogP contribution in [0.5, 0.6) is 0 Å². The molecule has 1 aliphatic carbocycles. The third kappa shape index (κ3) is 3.51. The quantitative estimate of drug-likeness (QED) is 0.779. The first kappa shape index (κ1) is 20.8. The molecule has 3 fully saturated rings. The van der Waals surface area contributed by atoms with E-state index in [1.807, 2.05) is 11.0 Å². The van der Waals surface area contributed by atoms with Crippen molar-refractivity contribution >= 4 is 11.7 Å². The summed E-state index contributed by atoms with van der Waals surface area (Å²) in [5, 5.41) is 12.2. The van der Waals surface area contributed by atoms with Crippen LogP contribution in [0.15, 0.2) is 36.5 Å². The third-order valence-corrected chi connectivity index (χ3v) is 7.18. The van der Waals surface area contributed by atoms with Gasteiger partial charge in [0.25, 0.3) is 0 Å². The lowest BCUT2D eigenvalue weighted by Crippen LogP contribution is -2.58. The first-order chi connectivity index (χ1) is 15.4. The number of anilines is 1. The van der Waals surface area contributed by atoms with E-state index in [9.17, 15) is 13.6 Å². The molecule has 2 saturated heterocycles. The van der Waals surface area contributed by atoms with Crippen LogP contribution in [0.25, 0.3) is 0 Å². The minimum atomic E-state index is -0.861. The SMILES string of the molecule is C[C@H]1CC2CN(C(=O)CNC3(c4cccc(F)c4F)CC3)CC1N2c1ccc(C#N)cn1. The highest BCUT2D eigenvalue weighted by Gasteiger charge is 2.48. The van der Waals surface area contributed by atoms with E-state index in [1.54, 1.807) is 18.3 Å². The van der Waals surface area contributed by atoms with Gasteiger partial charge < -0.3 is 9.80 Å². The number of hydrogen-bond donors (Lipinski definition) is 1. The number of nitrogens with one attached hydrogen (secondary N) is 1. The molecule has 1 saturated carbocycles. The molecule has 2 aliphatic heterocycles. The summed E-state index contributed by atoms with van der Waals surface area (Å²) in [7, 11) is 0. The van der Waals surface area contributed by atoms with Gasteiger partial charge in [-0.25, -0.2) is 13.8 Å². The number of carbonyl (C=O) groups excluding carboxylic acids is 1. The minimum Gasteiger partial charge on any atom is -0.347 e. The Hall–Kier alpha value is -3.05.